The van der Waals surface area contributed by atoms with Crippen LogP contribution < -0.4 is 5.32 Å². The highest BCUT2D eigenvalue weighted by Gasteiger charge is 2.10. The number of phenols is 1. The van der Waals surface area contributed by atoms with Crippen molar-refractivity contribution >= 4 is 15.9 Å². The molecule has 0 amide bonds. The third-order valence-corrected chi connectivity index (χ3v) is 3.51. The Hall–Kier alpha value is -1.39. The first-order chi connectivity index (χ1) is 9.06. The summed E-state index contributed by atoms with van der Waals surface area (Å²) in [6, 6.07) is 11.8. The van der Waals surface area contributed by atoms with Crippen LogP contribution in [0.4, 0.5) is 4.39 Å². The van der Waals surface area contributed by atoms with Crippen LogP contribution in [0.25, 0.3) is 0 Å². The summed E-state index contributed by atoms with van der Waals surface area (Å²) in [4.78, 5) is 0. The lowest BCUT2D eigenvalue weighted by molar-refractivity contribution is 0.449. The van der Waals surface area contributed by atoms with Crippen molar-refractivity contribution in [2.45, 2.75) is 19.5 Å². The van der Waals surface area contributed by atoms with Crippen LogP contribution in [0, 0.1) is 5.82 Å². The van der Waals surface area contributed by atoms with E-state index in [2.05, 4.69) is 21.2 Å². The van der Waals surface area contributed by atoms with Gasteiger partial charge in [0.05, 0.1) is 0 Å². The van der Waals surface area contributed by atoms with Crippen molar-refractivity contribution in [3.05, 3.63) is 63.9 Å². The van der Waals surface area contributed by atoms with Crippen LogP contribution in [0.15, 0.2) is 46.9 Å². The number of phenolic OH excluding ortho intramolecular Hbond substituents is 1. The van der Waals surface area contributed by atoms with Gasteiger partial charge in [0, 0.05) is 22.6 Å². The van der Waals surface area contributed by atoms with Crippen molar-refractivity contribution in [1.82, 2.24) is 5.32 Å². The quantitative estimate of drug-likeness (QED) is 0.886. The molecule has 100 valence electrons. The molecule has 0 fully saturated rings. The minimum Gasteiger partial charge on any atom is -0.508 e. The third kappa shape index (κ3) is 3.78. The Morgan fingerprint density at radius 2 is 1.89 bits per heavy atom. The second-order valence-electron chi connectivity index (χ2n) is 4.43. The summed E-state index contributed by atoms with van der Waals surface area (Å²) >= 11 is 3.38. The van der Waals surface area contributed by atoms with E-state index in [1.54, 1.807) is 0 Å². The molecule has 0 bridgehead atoms. The molecule has 19 heavy (non-hydrogen) atoms. The lowest BCUT2D eigenvalue weighted by atomic mass is 10.1. The van der Waals surface area contributed by atoms with Gasteiger partial charge in [0.2, 0.25) is 0 Å². The van der Waals surface area contributed by atoms with E-state index < -0.39 is 0 Å². The Morgan fingerprint density at radius 1 is 1.21 bits per heavy atom. The topological polar surface area (TPSA) is 32.3 Å². The molecule has 1 unspecified atom stereocenters. The maximum atomic E-state index is 13.2. The first-order valence-corrected chi connectivity index (χ1v) is 6.82. The molecule has 0 aliphatic carbocycles. The fourth-order valence-electron chi connectivity index (χ4n) is 1.86. The normalized spacial score (nSPS) is 12.4. The Kier molecular flexibility index (Phi) is 4.56. The Morgan fingerprint density at radius 3 is 2.58 bits per heavy atom. The molecule has 0 aromatic heterocycles. The van der Waals surface area contributed by atoms with E-state index in [0.717, 1.165) is 10.0 Å². The molecule has 0 spiro atoms. The molecule has 2 rings (SSSR count). The predicted molar refractivity (Wildman–Crippen MR) is 77.5 cm³/mol. The number of halogens is 2. The highest BCUT2D eigenvalue weighted by molar-refractivity contribution is 9.10. The SMILES string of the molecule is CC(NCc1ccc(Br)cc1)c1cc(F)ccc1O. The average Bonchev–Trinajstić information content (AvgIpc) is 2.40. The van der Waals surface area contributed by atoms with Crippen LogP contribution in [0.1, 0.15) is 24.1 Å². The average molecular weight is 324 g/mol. The maximum Gasteiger partial charge on any atom is 0.123 e. The summed E-state index contributed by atoms with van der Waals surface area (Å²) in [5.41, 5.74) is 1.70. The lowest BCUT2D eigenvalue weighted by Gasteiger charge is -2.15. The van der Waals surface area contributed by atoms with Crippen LogP contribution >= 0.6 is 15.9 Å². The van der Waals surface area contributed by atoms with Gasteiger partial charge in [-0.25, -0.2) is 4.39 Å². The van der Waals surface area contributed by atoms with Gasteiger partial charge in [-0.15, -0.1) is 0 Å². The second-order valence-corrected chi connectivity index (χ2v) is 5.35. The highest BCUT2D eigenvalue weighted by Crippen LogP contribution is 2.25. The smallest absolute Gasteiger partial charge is 0.123 e. The molecule has 0 saturated heterocycles. The Bertz CT molecular complexity index is 557. The van der Waals surface area contributed by atoms with Gasteiger partial charge in [0.15, 0.2) is 0 Å². The van der Waals surface area contributed by atoms with Crippen molar-refractivity contribution in [3.8, 4) is 5.75 Å². The number of hydrogen-bond acceptors (Lipinski definition) is 2. The van der Waals surface area contributed by atoms with Crippen molar-refractivity contribution in [2.24, 2.45) is 0 Å². The molecule has 0 saturated carbocycles. The number of nitrogens with one attached hydrogen (secondary N) is 1. The van der Waals surface area contributed by atoms with Crippen LogP contribution in [-0.4, -0.2) is 5.11 Å². The zero-order valence-electron chi connectivity index (χ0n) is 10.5. The summed E-state index contributed by atoms with van der Waals surface area (Å²) in [5.74, 6) is -0.234. The molecule has 2 nitrogen and oxygen atoms in total. The van der Waals surface area contributed by atoms with E-state index in [9.17, 15) is 9.50 Å². The third-order valence-electron chi connectivity index (χ3n) is 2.98. The lowest BCUT2D eigenvalue weighted by Crippen LogP contribution is -2.18. The molecular formula is C15H15BrFNO. The predicted octanol–water partition coefficient (Wildman–Crippen LogP) is 4.14. The number of rotatable bonds is 4. The molecule has 2 aromatic carbocycles. The van der Waals surface area contributed by atoms with Crippen LogP contribution in [0.3, 0.4) is 0 Å². The van der Waals surface area contributed by atoms with Gasteiger partial charge in [0.1, 0.15) is 11.6 Å². The Labute approximate surface area is 120 Å². The molecular weight excluding hydrogens is 309 g/mol. The first kappa shape index (κ1) is 14.0. The van der Waals surface area contributed by atoms with E-state index in [-0.39, 0.29) is 17.6 Å². The number of hydrogen-bond donors (Lipinski definition) is 2. The van der Waals surface area contributed by atoms with Gasteiger partial charge in [-0.3, -0.25) is 0 Å². The van der Waals surface area contributed by atoms with Gasteiger partial charge in [-0.05, 0) is 42.8 Å². The fraction of sp³-hybridized carbons (Fsp3) is 0.200. The van der Waals surface area contributed by atoms with Gasteiger partial charge in [-0.2, -0.15) is 0 Å². The summed E-state index contributed by atoms with van der Waals surface area (Å²) < 4.78 is 14.2. The standard InChI is InChI=1S/C15H15BrFNO/c1-10(14-8-13(17)6-7-15(14)19)18-9-11-2-4-12(16)5-3-11/h2-8,10,18-19H,9H2,1H3. The summed E-state index contributed by atoms with van der Waals surface area (Å²) in [7, 11) is 0. The van der Waals surface area contributed by atoms with Crippen molar-refractivity contribution in [3.63, 3.8) is 0 Å². The van der Waals surface area contributed by atoms with Gasteiger partial charge in [-0.1, -0.05) is 28.1 Å². The molecule has 0 radical (unpaired) electrons. The second kappa shape index (κ2) is 6.17. The largest absolute Gasteiger partial charge is 0.508 e. The fourth-order valence-corrected chi connectivity index (χ4v) is 2.12. The minimum atomic E-state index is -0.343. The van der Waals surface area contributed by atoms with Crippen molar-refractivity contribution in [2.75, 3.05) is 0 Å². The molecule has 0 aliphatic heterocycles. The van der Waals surface area contributed by atoms with Crippen LogP contribution in [0.2, 0.25) is 0 Å². The van der Waals surface area contributed by atoms with Gasteiger partial charge < -0.3 is 10.4 Å². The summed E-state index contributed by atoms with van der Waals surface area (Å²) in [6.45, 7) is 2.55. The van der Waals surface area contributed by atoms with E-state index >= 15 is 0 Å². The summed E-state index contributed by atoms with van der Waals surface area (Å²) in [6.07, 6.45) is 0. The molecule has 4 heteroatoms. The van der Waals surface area contributed by atoms with Crippen LogP contribution in [-0.2, 0) is 6.54 Å². The minimum absolute atomic E-state index is 0.109. The monoisotopic (exact) mass is 323 g/mol. The highest BCUT2D eigenvalue weighted by atomic mass is 79.9. The molecule has 0 aliphatic rings. The van der Waals surface area contributed by atoms with E-state index in [4.69, 9.17) is 0 Å². The van der Waals surface area contributed by atoms with Crippen molar-refractivity contribution < 1.29 is 9.50 Å². The van der Waals surface area contributed by atoms with E-state index in [1.165, 1.54) is 18.2 Å². The molecule has 2 aromatic rings. The van der Waals surface area contributed by atoms with E-state index in [0.29, 0.717) is 12.1 Å². The number of benzene rings is 2. The van der Waals surface area contributed by atoms with E-state index in [1.807, 2.05) is 31.2 Å². The maximum absolute atomic E-state index is 13.2. The zero-order valence-corrected chi connectivity index (χ0v) is 12.1. The number of aromatic hydroxyl groups is 1. The first-order valence-electron chi connectivity index (χ1n) is 6.02. The van der Waals surface area contributed by atoms with Crippen molar-refractivity contribution in [1.29, 1.82) is 0 Å². The molecule has 2 N–H and O–H groups in total. The van der Waals surface area contributed by atoms with Gasteiger partial charge in [0.25, 0.3) is 0 Å². The summed E-state index contributed by atoms with van der Waals surface area (Å²) in [5, 5.41) is 13.0. The van der Waals surface area contributed by atoms with Crippen LogP contribution in [0.5, 0.6) is 5.75 Å². The molecule has 1 atom stereocenters. The molecule has 0 heterocycles. The Balaban J connectivity index is 2.03. The zero-order chi connectivity index (χ0) is 13.8. The van der Waals surface area contributed by atoms with Gasteiger partial charge >= 0.3 is 0 Å².